The van der Waals surface area contributed by atoms with E-state index >= 15 is 0 Å². The van der Waals surface area contributed by atoms with Crippen LogP contribution in [0.1, 0.15) is 42.1 Å². The monoisotopic (exact) mass is 335 g/mol. The first kappa shape index (κ1) is 13.8. The Morgan fingerprint density at radius 3 is 2.80 bits per heavy atom. The Labute approximate surface area is 126 Å². The fourth-order valence-electron chi connectivity index (χ4n) is 2.45. The molecule has 1 heterocycles. The molecule has 0 radical (unpaired) electrons. The molecular formula is C15H18BrN3O. The molecule has 20 heavy (non-hydrogen) atoms. The van der Waals surface area contributed by atoms with E-state index in [1.807, 2.05) is 0 Å². The molecule has 0 amide bonds. The normalized spacial score (nSPS) is 16.9. The fourth-order valence-corrected chi connectivity index (χ4v) is 2.70. The maximum atomic E-state index is 6.19. The number of nitrogens with zero attached hydrogens (tertiary/aromatic N) is 2. The minimum atomic E-state index is -0.337. The predicted octanol–water partition coefficient (Wildman–Crippen LogP) is 3.26. The summed E-state index contributed by atoms with van der Waals surface area (Å²) >= 11 is 3.51. The summed E-state index contributed by atoms with van der Waals surface area (Å²) in [5.74, 6) is 1.35. The van der Waals surface area contributed by atoms with E-state index in [-0.39, 0.29) is 5.54 Å². The van der Waals surface area contributed by atoms with Crippen LogP contribution < -0.4 is 5.73 Å². The highest BCUT2D eigenvalue weighted by atomic mass is 79.9. The van der Waals surface area contributed by atoms with Gasteiger partial charge in [0.05, 0.1) is 5.54 Å². The van der Waals surface area contributed by atoms with Crippen LogP contribution in [0.25, 0.3) is 0 Å². The largest absolute Gasteiger partial charge is 0.339 e. The van der Waals surface area contributed by atoms with Gasteiger partial charge in [-0.3, -0.25) is 0 Å². The van der Waals surface area contributed by atoms with E-state index in [9.17, 15) is 0 Å². The number of aromatic nitrogens is 2. The average molecular weight is 336 g/mol. The van der Waals surface area contributed by atoms with Gasteiger partial charge in [-0.1, -0.05) is 33.2 Å². The Kier molecular flexibility index (Phi) is 3.65. The van der Waals surface area contributed by atoms with Gasteiger partial charge in [0.25, 0.3) is 0 Å². The summed E-state index contributed by atoms with van der Waals surface area (Å²) in [4.78, 5) is 4.45. The van der Waals surface area contributed by atoms with Crippen molar-refractivity contribution >= 4 is 15.9 Å². The van der Waals surface area contributed by atoms with Crippen molar-refractivity contribution < 1.29 is 4.52 Å². The van der Waals surface area contributed by atoms with Crippen LogP contribution >= 0.6 is 15.9 Å². The maximum Gasteiger partial charge on any atom is 0.227 e. The number of benzene rings is 1. The van der Waals surface area contributed by atoms with Crippen molar-refractivity contribution in [1.29, 1.82) is 0 Å². The average Bonchev–Trinajstić information content (AvgIpc) is 2.86. The maximum absolute atomic E-state index is 6.19. The molecule has 0 bridgehead atoms. The van der Waals surface area contributed by atoms with E-state index in [1.165, 1.54) is 11.1 Å². The molecule has 1 fully saturated rings. The first-order valence-corrected chi connectivity index (χ1v) is 7.73. The lowest BCUT2D eigenvalue weighted by molar-refractivity contribution is 0.229. The molecule has 0 spiro atoms. The van der Waals surface area contributed by atoms with Gasteiger partial charge in [-0.15, -0.1) is 0 Å². The molecule has 0 saturated heterocycles. The van der Waals surface area contributed by atoms with Crippen LogP contribution in [0.5, 0.6) is 0 Å². The molecule has 0 unspecified atom stereocenters. The van der Waals surface area contributed by atoms with Crippen LogP contribution in [-0.2, 0) is 18.4 Å². The SMILES string of the molecule is Cc1cc(CCc2nc(C3(N)CCC3)no2)ccc1Br. The first-order chi connectivity index (χ1) is 9.57. The quantitative estimate of drug-likeness (QED) is 0.931. The predicted molar refractivity (Wildman–Crippen MR) is 80.3 cm³/mol. The minimum Gasteiger partial charge on any atom is -0.339 e. The molecule has 2 aromatic rings. The first-order valence-electron chi connectivity index (χ1n) is 6.94. The van der Waals surface area contributed by atoms with E-state index < -0.39 is 0 Å². The van der Waals surface area contributed by atoms with Crippen molar-refractivity contribution in [2.75, 3.05) is 0 Å². The highest BCUT2D eigenvalue weighted by Gasteiger charge is 2.38. The van der Waals surface area contributed by atoms with E-state index in [0.717, 1.165) is 36.6 Å². The lowest BCUT2D eigenvalue weighted by atomic mass is 9.77. The summed E-state index contributed by atoms with van der Waals surface area (Å²) in [7, 11) is 0. The summed E-state index contributed by atoms with van der Waals surface area (Å²) in [6.45, 7) is 2.09. The lowest BCUT2D eigenvalue weighted by Crippen LogP contribution is -2.44. The molecular weight excluding hydrogens is 318 g/mol. The minimum absolute atomic E-state index is 0.337. The number of nitrogens with two attached hydrogens (primary N) is 1. The van der Waals surface area contributed by atoms with Gasteiger partial charge in [0.1, 0.15) is 0 Å². The van der Waals surface area contributed by atoms with Crippen LogP contribution in [0.4, 0.5) is 0 Å². The van der Waals surface area contributed by atoms with Crippen molar-refractivity contribution in [3.8, 4) is 0 Å². The topological polar surface area (TPSA) is 64.9 Å². The second-order valence-electron chi connectivity index (χ2n) is 5.60. The summed E-state index contributed by atoms with van der Waals surface area (Å²) in [5, 5.41) is 4.04. The van der Waals surface area contributed by atoms with Gasteiger partial charge in [-0.05, 0) is 49.8 Å². The highest BCUT2D eigenvalue weighted by molar-refractivity contribution is 9.10. The van der Waals surface area contributed by atoms with Crippen molar-refractivity contribution in [2.45, 2.75) is 44.6 Å². The zero-order valence-electron chi connectivity index (χ0n) is 11.5. The lowest BCUT2D eigenvalue weighted by Gasteiger charge is -2.34. The Balaban J connectivity index is 1.65. The molecule has 2 N–H and O–H groups in total. The molecule has 4 nitrogen and oxygen atoms in total. The summed E-state index contributed by atoms with van der Waals surface area (Å²) in [6.07, 6.45) is 4.71. The van der Waals surface area contributed by atoms with Gasteiger partial charge in [0.15, 0.2) is 5.82 Å². The second kappa shape index (κ2) is 5.30. The van der Waals surface area contributed by atoms with E-state index in [2.05, 4.69) is 51.2 Å². The third-order valence-electron chi connectivity index (χ3n) is 4.01. The van der Waals surface area contributed by atoms with E-state index in [0.29, 0.717) is 11.7 Å². The number of hydrogen-bond donors (Lipinski definition) is 1. The molecule has 0 aliphatic heterocycles. The van der Waals surface area contributed by atoms with Crippen molar-refractivity contribution in [1.82, 2.24) is 10.1 Å². The summed E-state index contributed by atoms with van der Waals surface area (Å²) in [6, 6.07) is 6.37. The van der Waals surface area contributed by atoms with Crippen LogP contribution in [0.2, 0.25) is 0 Å². The number of rotatable bonds is 4. The molecule has 1 aliphatic rings. The van der Waals surface area contributed by atoms with Crippen molar-refractivity contribution in [3.05, 3.63) is 45.5 Å². The van der Waals surface area contributed by atoms with Gasteiger partial charge >= 0.3 is 0 Å². The summed E-state index contributed by atoms with van der Waals surface area (Å²) < 4.78 is 6.45. The van der Waals surface area contributed by atoms with Crippen molar-refractivity contribution in [3.63, 3.8) is 0 Å². The molecule has 3 rings (SSSR count). The standard InChI is InChI=1S/C15H18BrN3O/c1-10-9-11(3-5-12(10)16)4-6-13-18-14(19-20-13)15(17)7-2-8-15/h3,5,9H,2,4,6-8,17H2,1H3. The van der Waals surface area contributed by atoms with Gasteiger partial charge in [0, 0.05) is 10.9 Å². The smallest absolute Gasteiger partial charge is 0.227 e. The number of hydrogen-bond acceptors (Lipinski definition) is 4. The van der Waals surface area contributed by atoms with E-state index in [1.54, 1.807) is 0 Å². The van der Waals surface area contributed by atoms with Gasteiger partial charge in [-0.2, -0.15) is 4.98 Å². The fraction of sp³-hybridized carbons (Fsp3) is 0.467. The van der Waals surface area contributed by atoms with Crippen molar-refractivity contribution in [2.24, 2.45) is 5.73 Å². The zero-order chi connectivity index (χ0) is 14.2. The highest BCUT2D eigenvalue weighted by Crippen LogP contribution is 2.36. The van der Waals surface area contributed by atoms with Gasteiger partial charge < -0.3 is 10.3 Å². The molecule has 1 saturated carbocycles. The third-order valence-corrected chi connectivity index (χ3v) is 4.90. The third kappa shape index (κ3) is 2.65. The molecule has 106 valence electrons. The molecule has 1 aromatic carbocycles. The molecule has 1 aliphatic carbocycles. The molecule has 0 atom stereocenters. The Bertz CT molecular complexity index is 619. The Morgan fingerprint density at radius 2 is 2.15 bits per heavy atom. The van der Waals surface area contributed by atoms with Crippen LogP contribution in [0, 0.1) is 6.92 Å². The Hall–Kier alpha value is -1.20. The second-order valence-corrected chi connectivity index (χ2v) is 6.46. The number of aryl methyl sites for hydroxylation is 3. The van der Waals surface area contributed by atoms with Crippen LogP contribution in [-0.4, -0.2) is 10.1 Å². The van der Waals surface area contributed by atoms with E-state index in [4.69, 9.17) is 10.3 Å². The molecule has 1 aromatic heterocycles. The van der Waals surface area contributed by atoms with Crippen LogP contribution in [0.15, 0.2) is 27.2 Å². The van der Waals surface area contributed by atoms with Crippen LogP contribution in [0.3, 0.4) is 0 Å². The number of halogens is 1. The van der Waals surface area contributed by atoms with Gasteiger partial charge in [-0.25, -0.2) is 0 Å². The Morgan fingerprint density at radius 1 is 1.35 bits per heavy atom. The van der Waals surface area contributed by atoms with Gasteiger partial charge in [0.2, 0.25) is 5.89 Å². The summed E-state index contributed by atoms with van der Waals surface area (Å²) in [5.41, 5.74) is 8.37. The molecule has 5 heteroatoms. The zero-order valence-corrected chi connectivity index (χ0v) is 13.1.